The maximum atomic E-state index is 13.3. The van der Waals surface area contributed by atoms with Gasteiger partial charge < -0.3 is 20.3 Å². The molecule has 3 N–H and O–H groups in total. The SMILES string of the molecule is Cc1ccc(C(=O)N2[C@@H]3CC[C@H]2CC(O)C3)cc1NC(=O)c1cccc2cc[nH]c12. The number of carbonyl (C=O) groups is 2. The molecule has 0 radical (unpaired) electrons. The molecule has 3 heterocycles. The third kappa shape index (κ3) is 3.17. The van der Waals surface area contributed by atoms with E-state index in [0.29, 0.717) is 29.7 Å². The number of aryl methyl sites for hydroxylation is 1. The lowest BCUT2D eigenvalue weighted by Gasteiger charge is -2.37. The van der Waals surface area contributed by atoms with E-state index >= 15 is 0 Å². The number of anilines is 1. The Bertz CT molecular complexity index is 1120. The summed E-state index contributed by atoms with van der Waals surface area (Å²) in [6.45, 7) is 1.92. The quantitative estimate of drug-likeness (QED) is 0.621. The van der Waals surface area contributed by atoms with Crippen molar-refractivity contribution in [3.63, 3.8) is 0 Å². The van der Waals surface area contributed by atoms with Gasteiger partial charge in [-0.2, -0.15) is 0 Å². The van der Waals surface area contributed by atoms with Crippen LogP contribution in [0.2, 0.25) is 0 Å². The molecule has 2 bridgehead atoms. The molecule has 30 heavy (non-hydrogen) atoms. The number of aliphatic hydroxyl groups is 1. The van der Waals surface area contributed by atoms with E-state index in [0.717, 1.165) is 29.3 Å². The van der Waals surface area contributed by atoms with Gasteiger partial charge in [0.25, 0.3) is 11.8 Å². The highest BCUT2D eigenvalue weighted by atomic mass is 16.3. The maximum absolute atomic E-state index is 13.3. The summed E-state index contributed by atoms with van der Waals surface area (Å²) >= 11 is 0. The van der Waals surface area contributed by atoms with Gasteiger partial charge in [0, 0.05) is 34.9 Å². The van der Waals surface area contributed by atoms with Crippen LogP contribution in [0.25, 0.3) is 10.9 Å². The fourth-order valence-electron chi connectivity index (χ4n) is 4.98. The molecule has 2 fully saturated rings. The summed E-state index contributed by atoms with van der Waals surface area (Å²) < 4.78 is 0. The first kappa shape index (κ1) is 18.9. The Morgan fingerprint density at radius 2 is 1.87 bits per heavy atom. The van der Waals surface area contributed by atoms with E-state index in [2.05, 4.69) is 10.3 Å². The number of fused-ring (bicyclic) bond motifs is 3. The van der Waals surface area contributed by atoms with Crippen LogP contribution in [-0.4, -0.2) is 45.0 Å². The lowest BCUT2D eigenvalue weighted by Crippen LogP contribution is -2.48. The standard InChI is InChI=1S/C24H25N3O3/c1-14-5-6-16(24(30)27-17-7-8-18(27)13-19(28)12-17)11-21(14)26-23(29)20-4-2-3-15-9-10-25-22(15)20/h2-6,9-11,17-19,25,28H,7-8,12-13H2,1H3,(H,26,29)/t17-,18+,19?. The van der Waals surface area contributed by atoms with Crippen molar-refractivity contribution < 1.29 is 14.7 Å². The molecule has 5 rings (SSSR count). The first-order valence-electron chi connectivity index (χ1n) is 10.5. The third-order valence-corrected chi connectivity index (χ3v) is 6.51. The van der Waals surface area contributed by atoms with Crippen LogP contribution in [0, 0.1) is 6.92 Å². The second-order valence-corrected chi connectivity index (χ2v) is 8.45. The Hall–Kier alpha value is -3.12. The van der Waals surface area contributed by atoms with Crippen molar-refractivity contribution >= 4 is 28.4 Å². The van der Waals surface area contributed by atoms with Gasteiger partial charge in [0.15, 0.2) is 0 Å². The van der Waals surface area contributed by atoms with Gasteiger partial charge in [-0.05, 0) is 62.4 Å². The number of aliphatic hydroxyl groups excluding tert-OH is 1. The van der Waals surface area contributed by atoms with Crippen LogP contribution in [0.3, 0.4) is 0 Å². The third-order valence-electron chi connectivity index (χ3n) is 6.51. The van der Waals surface area contributed by atoms with Crippen molar-refractivity contribution in [1.82, 2.24) is 9.88 Å². The van der Waals surface area contributed by atoms with Crippen molar-refractivity contribution in [1.29, 1.82) is 0 Å². The molecule has 2 aromatic carbocycles. The van der Waals surface area contributed by atoms with Gasteiger partial charge in [-0.3, -0.25) is 9.59 Å². The molecule has 3 aromatic rings. The summed E-state index contributed by atoms with van der Waals surface area (Å²) in [7, 11) is 0. The second-order valence-electron chi connectivity index (χ2n) is 8.45. The molecule has 6 heteroatoms. The van der Waals surface area contributed by atoms with E-state index in [-0.39, 0.29) is 30.0 Å². The predicted molar refractivity (Wildman–Crippen MR) is 116 cm³/mol. The Balaban J connectivity index is 1.41. The Labute approximate surface area is 174 Å². The number of H-pyrrole nitrogens is 1. The molecule has 0 spiro atoms. The van der Waals surface area contributed by atoms with E-state index in [4.69, 9.17) is 0 Å². The maximum Gasteiger partial charge on any atom is 0.257 e. The fraction of sp³-hybridized carbons (Fsp3) is 0.333. The van der Waals surface area contributed by atoms with Crippen LogP contribution < -0.4 is 5.32 Å². The number of nitrogens with zero attached hydrogens (tertiary/aromatic N) is 1. The number of nitrogens with one attached hydrogen (secondary N) is 2. The van der Waals surface area contributed by atoms with Gasteiger partial charge in [-0.25, -0.2) is 0 Å². The highest BCUT2D eigenvalue weighted by Crippen LogP contribution is 2.37. The van der Waals surface area contributed by atoms with E-state index in [1.807, 2.05) is 48.4 Å². The molecule has 2 saturated heterocycles. The summed E-state index contributed by atoms with van der Waals surface area (Å²) in [4.78, 5) is 31.3. The highest BCUT2D eigenvalue weighted by molar-refractivity contribution is 6.12. The fourth-order valence-corrected chi connectivity index (χ4v) is 4.98. The zero-order valence-corrected chi connectivity index (χ0v) is 16.9. The zero-order valence-electron chi connectivity index (χ0n) is 16.9. The number of benzene rings is 2. The minimum atomic E-state index is -0.310. The van der Waals surface area contributed by atoms with Crippen LogP contribution in [0.1, 0.15) is 52.0 Å². The topological polar surface area (TPSA) is 85.4 Å². The van der Waals surface area contributed by atoms with E-state index in [1.54, 1.807) is 12.1 Å². The predicted octanol–water partition coefficient (Wildman–Crippen LogP) is 3.86. The number of hydrogen-bond acceptors (Lipinski definition) is 3. The average molecular weight is 403 g/mol. The lowest BCUT2D eigenvalue weighted by atomic mass is 9.98. The van der Waals surface area contributed by atoms with Crippen molar-refractivity contribution in [2.24, 2.45) is 0 Å². The monoisotopic (exact) mass is 403 g/mol. The summed E-state index contributed by atoms with van der Waals surface area (Å²) in [5.74, 6) is -0.228. The molecular formula is C24H25N3O3. The van der Waals surface area contributed by atoms with Crippen molar-refractivity contribution in [3.05, 3.63) is 65.4 Å². The summed E-state index contributed by atoms with van der Waals surface area (Å²) in [5, 5.41) is 14.0. The number of carbonyl (C=O) groups excluding carboxylic acids is 2. The van der Waals surface area contributed by atoms with E-state index < -0.39 is 0 Å². The van der Waals surface area contributed by atoms with Gasteiger partial charge in [0.05, 0.1) is 17.2 Å². The molecule has 3 atom stereocenters. The van der Waals surface area contributed by atoms with Crippen LogP contribution >= 0.6 is 0 Å². The molecule has 6 nitrogen and oxygen atoms in total. The smallest absolute Gasteiger partial charge is 0.257 e. The highest BCUT2D eigenvalue weighted by Gasteiger charge is 2.43. The largest absolute Gasteiger partial charge is 0.393 e. The molecule has 2 aliphatic rings. The number of aromatic nitrogens is 1. The summed E-state index contributed by atoms with van der Waals surface area (Å²) in [5.41, 5.74) is 3.47. The van der Waals surface area contributed by atoms with Gasteiger partial charge in [0.1, 0.15) is 0 Å². The van der Waals surface area contributed by atoms with Gasteiger partial charge in [0.2, 0.25) is 0 Å². The summed E-state index contributed by atoms with van der Waals surface area (Å²) in [6.07, 6.45) is 4.70. The summed E-state index contributed by atoms with van der Waals surface area (Å²) in [6, 6.07) is 13.2. The molecule has 1 unspecified atom stereocenters. The first-order chi connectivity index (χ1) is 14.5. The minimum Gasteiger partial charge on any atom is -0.393 e. The van der Waals surface area contributed by atoms with Crippen LogP contribution in [0.5, 0.6) is 0 Å². The van der Waals surface area contributed by atoms with Gasteiger partial charge in [-0.15, -0.1) is 0 Å². The molecule has 0 aliphatic carbocycles. The Kier molecular flexibility index (Phi) is 4.59. The molecule has 154 valence electrons. The molecule has 1 aromatic heterocycles. The molecule has 0 saturated carbocycles. The number of piperidine rings is 1. The Morgan fingerprint density at radius 3 is 2.63 bits per heavy atom. The number of aromatic amines is 1. The minimum absolute atomic E-state index is 0.0173. The van der Waals surface area contributed by atoms with Crippen molar-refractivity contribution in [2.45, 2.75) is 50.8 Å². The van der Waals surface area contributed by atoms with Crippen LogP contribution in [0.15, 0.2) is 48.7 Å². The average Bonchev–Trinajstić information content (AvgIpc) is 3.31. The van der Waals surface area contributed by atoms with Gasteiger partial charge >= 0.3 is 0 Å². The number of amides is 2. The lowest BCUT2D eigenvalue weighted by molar-refractivity contribution is 0.0287. The normalized spacial score (nSPS) is 23.0. The van der Waals surface area contributed by atoms with E-state index in [1.165, 1.54) is 0 Å². The van der Waals surface area contributed by atoms with Crippen LogP contribution in [0.4, 0.5) is 5.69 Å². The molecule has 2 aliphatic heterocycles. The number of rotatable bonds is 3. The zero-order chi connectivity index (χ0) is 20.8. The number of para-hydroxylation sites is 1. The van der Waals surface area contributed by atoms with Crippen molar-refractivity contribution in [2.75, 3.05) is 5.32 Å². The van der Waals surface area contributed by atoms with Crippen molar-refractivity contribution in [3.8, 4) is 0 Å². The first-order valence-corrected chi connectivity index (χ1v) is 10.5. The second kappa shape index (κ2) is 7.29. The Morgan fingerprint density at radius 1 is 1.10 bits per heavy atom. The van der Waals surface area contributed by atoms with Crippen LogP contribution in [-0.2, 0) is 0 Å². The number of hydrogen-bond donors (Lipinski definition) is 3. The molecular weight excluding hydrogens is 378 g/mol. The molecule has 2 amide bonds. The van der Waals surface area contributed by atoms with Gasteiger partial charge in [-0.1, -0.05) is 18.2 Å². The van der Waals surface area contributed by atoms with E-state index in [9.17, 15) is 14.7 Å².